The maximum absolute atomic E-state index is 13.4. The number of non-ortho nitro benzene ring substituents is 1. The number of nitrogens with one attached hydrogen (secondary N) is 1. The van der Waals surface area contributed by atoms with Gasteiger partial charge in [-0.2, -0.15) is 0 Å². The molecule has 32 heavy (non-hydrogen) atoms. The van der Waals surface area contributed by atoms with Crippen molar-refractivity contribution in [2.24, 2.45) is 5.73 Å². The van der Waals surface area contributed by atoms with Crippen LogP contribution in [0.3, 0.4) is 0 Å². The van der Waals surface area contributed by atoms with Crippen LogP contribution in [0.5, 0.6) is 0 Å². The van der Waals surface area contributed by atoms with Crippen molar-refractivity contribution in [3.05, 3.63) is 69.0 Å². The van der Waals surface area contributed by atoms with Crippen molar-refractivity contribution < 1.29 is 4.92 Å². The summed E-state index contributed by atoms with van der Waals surface area (Å²) in [6.07, 6.45) is 4.36. The smallest absolute Gasteiger partial charge is 0.271 e. The lowest BCUT2D eigenvalue weighted by Crippen LogP contribution is -2.13. The number of aromatic nitrogens is 2. The number of unbranched alkanes of at least 4 members (excludes halogenated alkanes) is 3. The van der Waals surface area contributed by atoms with Crippen LogP contribution in [0, 0.1) is 10.1 Å². The largest absolute Gasteiger partial charge is 0.385 e. The quantitative estimate of drug-likeness (QED) is 0.214. The highest BCUT2D eigenvalue weighted by atomic mass is 16.6. The SMILES string of the molecule is NCCCCCCNc1ccc2c3c1cccc3c(=O)n1c3ccc([N+](=O)[O-])cc3nc21. The zero-order valence-corrected chi connectivity index (χ0v) is 17.5. The molecule has 0 atom stereocenters. The number of benzene rings is 3. The van der Waals surface area contributed by atoms with E-state index < -0.39 is 4.92 Å². The van der Waals surface area contributed by atoms with Crippen molar-refractivity contribution in [1.29, 1.82) is 0 Å². The van der Waals surface area contributed by atoms with Crippen LogP contribution in [0.25, 0.3) is 38.2 Å². The summed E-state index contributed by atoms with van der Waals surface area (Å²) in [7, 11) is 0. The second-order valence-corrected chi connectivity index (χ2v) is 8.02. The molecular formula is C24H23N5O3. The van der Waals surface area contributed by atoms with Crippen LogP contribution in [0.15, 0.2) is 53.3 Å². The summed E-state index contributed by atoms with van der Waals surface area (Å²) < 4.78 is 1.56. The summed E-state index contributed by atoms with van der Waals surface area (Å²) in [5.74, 6) is 0. The minimum atomic E-state index is -0.455. The molecule has 5 rings (SSSR count). The number of nitrogens with two attached hydrogens (primary N) is 1. The Labute approximate surface area is 183 Å². The molecule has 162 valence electrons. The number of imidazole rings is 1. The lowest BCUT2D eigenvalue weighted by Gasteiger charge is -2.13. The third kappa shape index (κ3) is 3.20. The summed E-state index contributed by atoms with van der Waals surface area (Å²) in [4.78, 5) is 28.7. The first-order valence-electron chi connectivity index (χ1n) is 10.8. The number of anilines is 1. The standard InChI is InChI=1S/C24H23N5O3/c25-12-3-1-2-4-13-26-19-10-9-17-22-16(19)6-5-7-18(22)24(30)28-21-11-8-15(29(31)32)14-20(21)27-23(17)28/h5-11,14,26H,1-4,12-13,25H2. The molecule has 0 aliphatic carbocycles. The molecule has 8 nitrogen and oxygen atoms in total. The summed E-state index contributed by atoms with van der Waals surface area (Å²) >= 11 is 0. The third-order valence-electron chi connectivity index (χ3n) is 6.01. The molecule has 3 aromatic carbocycles. The highest BCUT2D eigenvalue weighted by molar-refractivity contribution is 6.18. The number of hydrogen-bond donors (Lipinski definition) is 2. The molecule has 0 bridgehead atoms. The Kier molecular flexibility index (Phi) is 5.07. The minimum Gasteiger partial charge on any atom is -0.385 e. The number of rotatable bonds is 8. The average Bonchev–Trinajstić information content (AvgIpc) is 3.19. The first-order chi connectivity index (χ1) is 15.6. The van der Waals surface area contributed by atoms with Crippen LogP contribution in [-0.4, -0.2) is 27.4 Å². The zero-order chi connectivity index (χ0) is 22.2. The van der Waals surface area contributed by atoms with Gasteiger partial charge in [-0.3, -0.25) is 19.3 Å². The maximum atomic E-state index is 13.4. The van der Waals surface area contributed by atoms with Gasteiger partial charge in [0.2, 0.25) is 0 Å². The van der Waals surface area contributed by atoms with Crippen molar-refractivity contribution in [1.82, 2.24) is 9.38 Å². The van der Waals surface area contributed by atoms with E-state index in [4.69, 9.17) is 5.73 Å². The molecule has 0 radical (unpaired) electrons. The van der Waals surface area contributed by atoms with Gasteiger partial charge < -0.3 is 11.1 Å². The van der Waals surface area contributed by atoms with Crippen molar-refractivity contribution in [3.63, 3.8) is 0 Å². The number of nitro benzene ring substituents is 1. The van der Waals surface area contributed by atoms with Crippen LogP contribution in [0.1, 0.15) is 25.7 Å². The van der Waals surface area contributed by atoms with Gasteiger partial charge in [0.15, 0.2) is 0 Å². The number of nitrogens with zero attached hydrogens (tertiary/aromatic N) is 3. The highest BCUT2D eigenvalue weighted by Gasteiger charge is 2.18. The van der Waals surface area contributed by atoms with Crippen LogP contribution >= 0.6 is 0 Å². The van der Waals surface area contributed by atoms with Crippen molar-refractivity contribution in [3.8, 4) is 0 Å². The van der Waals surface area contributed by atoms with Crippen LogP contribution in [-0.2, 0) is 0 Å². The fraction of sp³-hybridized carbons (Fsp3) is 0.250. The van der Waals surface area contributed by atoms with E-state index in [9.17, 15) is 14.9 Å². The molecule has 0 saturated heterocycles. The minimum absolute atomic E-state index is 0.0472. The first kappa shape index (κ1) is 20.1. The van der Waals surface area contributed by atoms with Gasteiger partial charge in [0, 0.05) is 45.9 Å². The highest BCUT2D eigenvalue weighted by Crippen LogP contribution is 2.34. The van der Waals surface area contributed by atoms with E-state index in [1.807, 2.05) is 30.3 Å². The Hall–Kier alpha value is -3.78. The molecule has 0 aliphatic heterocycles. The van der Waals surface area contributed by atoms with Crippen LogP contribution in [0.4, 0.5) is 11.4 Å². The molecular weight excluding hydrogens is 406 g/mol. The van der Waals surface area contributed by atoms with Crippen LogP contribution < -0.4 is 16.6 Å². The predicted molar refractivity (Wildman–Crippen MR) is 128 cm³/mol. The van der Waals surface area contributed by atoms with E-state index in [-0.39, 0.29) is 11.2 Å². The van der Waals surface area contributed by atoms with E-state index in [2.05, 4.69) is 10.3 Å². The number of nitro groups is 1. The molecule has 8 heteroatoms. The molecule has 0 saturated carbocycles. The lowest BCUT2D eigenvalue weighted by molar-refractivity contribution is -0.384. The van der Waals surface area contributed by atoms with Crippen molar-refractivity contribution in [2.75, 3.05) is 18.4 Å². The fourth-order valence-electron chi connectivity index (χ4n) is 4.46. The monoisotopic (exact) mass is 429 g/mol. The predicted octanol–water partition coefficient (Wildman–Crippen LogP) is 4.43. The Morgan fingerprint density at radius 3 is 2.62 bits per heavy atom. The molecule has 0 amide bonds. The Balaban J connectivity index is 1.65. The van der Waals surface area contributed by atoms with Gasteiger partial charge in [-0.15, -0.1) is 0 Å². The fourth-order valence-corrected chi connectivity index (χ4v) is 4.46. The Morgan fingerprint density at radius 1 is 1.00 bits per heavy atom. The molecule has 0 unspecified atom stereocenters. The molecule has 0 spiro atoms. The second kappa shape index (κ2) is 8.05. The molecule has 0 aliphatic rings. The van der Waals surface area contributed by atoms with Gasteiger partial charge in [0.25, 0.3) is 11.2 Å². The van der Waals surface area contributed by atoms with Crippen LogP contribution in [0.2, 0.25) is 0 Å². The average molecular weight is 429 g/mol. The zero-order valence-electron chi connectivity index (χ0n) is 17.5. The van der Waals surface area contributed by atoms with Gasteiger partial charge in [-0.05, 0) is 43.7 Å². The Bertz CT molecular complexity index is 1530. The molecule has 5 aromatic rings. The van der Waals surface area contributed by atoms with Gasteiger partial charge in [0.05, 0.1) is 16.0 Å². The molecule has 2 aromatic heterocycles. The van der Waals surface area contributed by atoms with E-state index in [0.717, 1.165) is 60.6 Å². The number of fused-ring (bicyclic) bond motifs is 4. The topological polar surface area (TPSA) is 116 Å². The Morgan fingerprint density at radius 2 is 1.81 bits per heavy atom. The third-order valence-corrected chi connectivity index (χ3v) is 6.01. The van der Waals surface area contributed by atoms with Crippen molar-refractivity contribution in [2.45, 2.75) is 25.7 Å². The lowest BCUT2D eigenvalue weighted by atomic mass is 10.0. The van der Waals surface area contributed by atoms with Gasteiger partial charge in [-0.25, -0.2) is 4.98 Å². The van der Waals surface area contributed by atoms with Gasteiger partial charge in [-0.1, -0.05) is 25.0 Å². The maximum Gasteiger partial charge on any atom is 0.271 e. The first-order valence-corrected chi connectivity index (χ1v) is 10.8. The van der Waals surface area contributed by atoms with E-state index in [0.29, 0.717) is 22.1 Å². The van der Waals surface area contributed by atoms with Gasteiger partial charge in [0.1, 0.15) is 5.65 Å². The van der Waals surface area contributed by atoms with E-state index >= 15 is 0 Å². The summed E-state index contributed by atoms with van der Waals surface area (Å²) in [5, 5.41) is 18.0. The summed E-state index contributed by atoms with van der Waals surface area (Å²) in [6, 6.07) is 14.1. The molecule has 2 heterocycles. The van der Waals surface area contributed by atoms with Crippen molar-refractivity contribution >= 4 is 49.6 Å². The normalized spacial score (nSPS) is 11.8. The molecule has 0 fully saturated rings. The number of hydrogen-bond acceptors (Lipinski definition) is 6. The second-order valence-electron chi connectivity index (χ2n) is 8.02. The molecule has 3 N–H and O–H groups in total. The summed E-state index contributed by atoms with van der Waals surface area (Å²) in [6.45, 7) is 1.58. The van der Waals surface area contributed by atoms with E-state index in [1.54, 1.807) is 10.5 Å². The number of pyridine rings is 1. The summed E-state index contributed by atoms with van der Waals surface area (Å²) in [5.41, 5.74) is 7.84. The van der Waals surface area contributed by atoms with Gasteiger partial charge >= 0.3 is 0 Å². The van der Waals surface area contributed by atoms with E-state index in [1.165, 1.54) is 12.1 Å².